The molecule has 286 valence electrons. The fourth-order valence-corrected chi connectivity index (χ4v) is 9.34. The van der Waals surface area contributed by atoms with E-state index in [9.17, 15) is 0 Å². The molecule has 2 atom stereocenters. The molecule has 4 aromatic rings. The van der Waals surface area contributed by atoms with Crippen molar-refractivity contribution in [3.05, 3.63) is 130 Å². The van der Waals surface area contributed by atoms with E-state index in [2.05, 4.69) is 118 Å². The average Bonchev–Trinajstić information content (AvgIpc) is 3.19. The Morgan fingerprint density at radius 3 is 1.17 bits per heavy atom. The molecular formula is C51H72N2. The first kappa shape index (κ1) is 40.7. The lowest BCUT2D eigenvalue weighted by atomic mass is 9.62. The lowest BCUT2D eigenvalue weighted by Crippen LogP contribution is -2.33. The van der Waals surface area contributed by atoms with Crippen LogP contribution in [-0.2, 0) is 5.41 Å². The number of anilines is 2. The Morgan fingerprint density at radius 1 is 0.453 bits per heavy atom. The molecule has 0 bridgehead atoms. The summed E-state index contributed by atoms with van der Waals surface area (Å²) in [6.07, 6.45) is 26.5. The normalized spacial score (nSPS) is 18.5. The Bertz CT molecular complexity index is 1460. The first-order chi connectivity index (χ1) is 26.0. The fraction of sp³-hybridized carbons (Fsp3) is 0.529. The van der Waals surface area contributed by atoms with Crippen molar-refractivity contribution in [2.45, 2.75) is 166 Å². The van der Waals surface area contributed by atoms with Crippen LogP contribution in [0, 0.1) is 5.92 Å². The van der Waals surface area contributed by atoms with Crippen molar-refractivity contribution in [2.24, 2.45) is 5.92 Å². The third-order valence-electron chi connectivity index (χ3n) is 12.8. The van der Waals surface area contributed by atoms with Crippen LogP contribution >= 0.6 is 0 Å². The van der Waals surface area contributed by atoms with Gasteiger partial charge in [0.05, 0.1) is 0 Å². The zero-order valence-electron chi connectivity index (χ0n) is 33.8. The van der Waals surface area contributed by atoms with E-state index in [0.29, 0.717) is 11.8 Å². The van der Waals surface area contributed by atoms with Gasteiger partial charge in [-0.1, -0.05) is 183 Å². The van der Waals surface area contributed by atoms with E-state index in [1.54, 1.807) is 0 Å². The van der Waals surface area contributed by atoms with Crippen LogP contribution in [0.3, 0.4) is 0 Å². The molecule has 1 fully saturated rings. The van der Waals surface area contributed by atoms with Crippen molar-refractivity contribution in [1.29, 1.82) is 0 Å². The van der Waals surface area contributed by atoms with Gasteiger partial charge in [-0.25, -0.2) is 0 Å². The standard InChI is InChI=1S/C51H72N2/c1-4-7-10-11-12-13-14-15-16-17-40-36-38-51(39-37-40,45-28-20-41(21-29-45)49(18-8-5-2)43-24-32-47(52)33-25-43)46-30-22-42(23-31-46)50(19-9-6-3)44-26-34-48(53)35-27-44/h20-35,40,49-50H,4-19,36-39,52-53H2,1-3H3. The molecule has 1 saturated carbocycles. The van der Waals surface area contributed by atoms with Crippen LogP contribution in [0.1, 0.15) is 194 Å². The number of unbranched alkanes of at least 4 members (excludes halogenated alkanes) is 10. The quantitative estimate of drug-likeness (QED) is 0.0629. The topological polar surface area (TPSA) is 52.0 Å². The SMILES string of the molecule is CCCCCCCCCCCC1CCC(c2ccc(C(CCCC)c3ccc(N)cc3)cc2)(c2ccc(C(CCCC)c3ccc(N)cc3)cc2)CC1. The van der Waals surface area contributed by atoms with Crippen molar-refractivity contribution < 1.29 is 0 Å². The second kappa shape index (κ2) is 21.4. The first-order valence-electron chi connectivity index (χ1n) is 21.9. The van der Waals surface area contributed by atoms with Gasteiger partial charge in [0.2, 0.25) is 0 Å². The predicted molar refractivity (Wildman–Crippen MR) is 232 cm³/mol. The molecule has 2 nitrogen and oxygen atoms in total. The highest BCUT2D eigenvalue weighted by molar-refractivity contribution is 5.47. The number of rotatable bonds is 22. The van der Waals surface area contributed by atoms with Crippen LogP contribution in [0.4, 0.5) is 11.4 Å². The van der Waals surface area contributed by atoms with Gasteiger partial charge >= 0.3 is 0 Å². The highest BCUT2D eigenvalue weighted by Gasteiger charge is 2.38. The van der Waals surface area contributed by atoms with E-state index in [0.717, 1.165) is 17.3 Å². The molecular weight excluding hydrogens is 641 g/mol. The molecule has 0 saturated heterocycles. The summed E-state index contributed by atoms with van der Waals surface area (Å²) < 4.78 is 0. The summed E-state index contributed by atoms with van der Waals surface area (Å²) in [5.41, 5.74) is 22.5. The summed E-state index contributed by atoms with van der Waals surface area (Å²) in [6, 6.07) is 37.0. The van der Waals surface area contributed by atoms with Crippen molar-refractivity contribution >= 4 is 11.4 Å². The Kier molecular flexibility index (Phi) is 16.4. The molecule has 0 heterocycles. The van der Waals surface area contributed by atoms with Gasteiger partial charge in [-0.3, -0.25) is 0 Å². The van der Waals surface area contributed by atoms with E-state index in [4.69, 9.17) is 11.5 Å². The molecule has 0 radical (unpaired) electrons. The van der Waals surface area contributed by atoms with Gasteiger partial charge in [-0.2, -0.15) is 0 Å². The number of hydrogen-bond acceptors (Lipinski definition) is 2. The lowest BCUT2D eigenvalue weighted by Gasteiger charge is -2.42. The van der Waals surface area contributed by atoms with Gasteiger partial charge < -0.3 is 11.5 Å². The first-order valence-corrected chi connectivity index (χ1v) is 21.9. The summed E-state index contributed by atoms with van der Waals surface area (Å²) in [6.45, 7) is 6.90. The molecule has 2 unspecified atom stereocenters. The fourth-order valence-electron chi connectivity index (χ4n) is 9.34. The highest BCUT2D eigenvalue weighted by atomic mass is 14.5. The van der Waals surface area contributed by atoms with E-state index < -0.39 is 0 Å². The maximum atomic E-state index is 6.09. The van der Waals surface area contributed by atoms with E-state index >= 15 is 0 Å². The highest BCUT2D eigenvalue weighted by Crippen LogP contribution is 2.48. The summed E-state index contributed by atoms with van der Waals surface area (Å²) in [7, 11) is 0. The third-order valence-corrected chi connectivity index (χ3v) is 12.8. The average molecular weight is 713 g/mol. The minimum atomic E-state index is 0.0618. The summed E-state index contributed by atoms with van der Waals surface area (Å²) >= 11 is 0. The van der Waals surface area contributed by atoms with Crippen LogP contribution in [0.25, 0.3) is 0 Å². The van der Waals surface area contributed by atoms with Crippen LogP contribution in [0.15, 0.2) is 97.1 Å². The van der Waals surface area contributed by atoms with Crippen LogP contribution in [0.5, 0.6) is 0 Å². The summed E-state index contributed by atoms with van der Waals surface area (Å²) in [5, 5.41) is 0. The zero-order chi connectivity index (χ0) is 37.3. The molecule has 53 heavy (non-hydrogen) atoms. The second-order valence-corrected chi connectivity index (χ2v) is 16.6. The van der Waals surface area contributed by atoms with E-state index in [-0.39, 0.29) is 5.41 Å². The maximum absolute atomic E-state index is 6.09. The lowest BCUT2D eigenvalue weighted by molar-refractivity contribution is 0.250. The van der Waals surface area contributed by atoms with Crippen LogP contribution in [0.2, 0.25) is 0 Å². The summed E-state index contributed by atoms with van der Waals surface area (Å²) in [5.74, 6) is 1.67. The molecule has 1 aliphatic carbocycles. The molecule has 4 aromatic carbocycles. The Balaban J connectivity index is 1.35. The third kappa shape index (κ3) is 11.5. The number of nitrogens with two attached hydrogens (primary N) is 2. The molecule has 0 spiro atoms. The molecule has 0 aliphatic heterocycles. The largest absolute Gasteiger partial charge is 0.399 e. The molecule has 2 heteroatoms. The predicted octanol–water partition coefficient (Wildman–Crippen LogP) is 14.9. The van der Waals surface area contributed by atoms with Crippen molar-refractivity contribution in [1.82, 2.24) is 0 Å². The summed E-state index contributed by atoms with van der Waals surface area (Å²) in [4.78, 5) is 0. The smallest absolute Gasteiger partial charge is 0.0314 e. The monoisotopic (exact) mass is 713 g/mol. The molecule has 5 rings (SSSR count). The van der Waals surface area contributed by atoms with Gasteiger partial charge in [0.15, 0.2) is 0 Å². The Labute approximate surface area is 324 Å². The molecule has 4 N–H and O–H groups in total. The molecule has 1 aliphatic rings. The molecule has 0 aromatic heterocycles. The van der Waals surface area contributed by atoms with E-state index in [1.807, 2.05) is 0 Å². The van der Waals surface area contributed by atoms with Crippen molar-refractivity contribution in [3.8, 4) is 0 Å². The van der Waals surface area contributed by atoms with Gasteiger partial charge in [0.25, 0.3) is 0 Å². The van der Waals surface area contributed by atoms with Gasteiger partial charge in [0.1, 0.15) is 0 Å². The minimum Gasteiger partial charge on any atom is -0.399 e. The number of nitrogen functional groups attached to an aromatic ring is 2. The van der Waals surface area contributed by atoms with Crippen LogP contribution < -0.4 is 11.5 Å². The zero-order valence-corrected chi connectivity index (χ0v) is 33.8. The number of benzene rings is 4. The Hall–Kier alpha value is -3.52. The van der Waals surface area contributed by atoms with Gasteiger partial charge in [-0.05, 0) is 102 Å². The number of hydrogen-bond donors (Lipinski definition) is 2. The van der Waals surface area contributed by atoms with Crippen LogP contribution in [-0.4, -0.2) is 0 Å². The van der Waals surface area contributed by atoms with Gasteiger partial charge in [-0.15, -0.1) is 0 Å². The second-order valence-electron chi connectivity index (χ2n) is 16.6. The van der Waals surface area contributed by atoms with E-state index in [1.165, 1.54) is 162 Å². The molecule has 0 amide bonds. The van der Waals surface area contributed by atoms with Gasteiger partial charge in [0, 0.05) is 28.6 Å². The van der Waals surface area contributed by atoms with Crippen molar-refractivity contribution in [3.63, 3.8) is 0 Å². The maximum Gasteiger partial charge on any atom is 0.0314 e. The van der Waals surface area contributed by atoms with Crippen molar-refractivity contribution in [2.75, 3.05) is 11.5 Å². The Morgan fingerprint density at radius 2 is 0.792 bits per heavy atom. The minimum absolute atomic E-state index is 0.0618.